The fraction of sp³-hybridized carbons (Fsp3) is 0.419. The third-order valence-electron chi connectivity index (χ3n) is 6.84. The molecule has 0 bridgehead atoms. The largest absolute Gasteiger partial charge is 0.493 e. The molecule has 2 unspecified atom stereocenters. The number of rotatable bonds is 15. The Kier molecular flexibility index (Phi) is 12.3. The molecule has 0 aliphatic rings. The number of hydrogen-bond donors (Lipinski definition) is 2. The van der Waals surface area contributed by atoms with Crippen molar-refractivity contribution in [3.8, 4) is 11.5 Å². The number of thiocarbonyl (C=S) groups is 1. The Hall–Kier alpha value is -3.56. The van der Waals surface area contributed by atoms with Gasteiger partial charge in [-0.15, -0.1) is 0 Å². The van der Waals surface area contributed by atoms with Crippen LogP contribution in [0.1, 0.15) is 44.4 Å². The average Bonchev–Trinajstić information content (AvgIpc) is 2.97. The molecule has 0 aliphatic carbocycles. The molecule has 2 heterocycles. The van der Waals surface area contributed by atoms with Gasteiger partial charge in [0.15, 0.2) is 22.3 Å². The quantitative estimate of drug-likeness (QED) is 0.127. The van der Waals surface area contributed by atoms with Gasteiger partial charge < -0.3 is 24.8 Å². The molecule has 0 amide bonds. The molecule has 9 heteroatoms. The summed E-state index contributed by atoms with van der Waals surface area (Å²) in [5, 5.41) is 6.65. The molecule has 0 fully saturated rings. The van der Waals surface area contributed by atoms with Crippen molar-refractivity contribution >= 4 is 39.9 Å². The van der Waals surface area contributed by atoms with Crippen LogP contribution in [0.4, 0.5) is 5.82 Å². The molecule has 2 aromatic heterocycles. The minimum atomic E-state index is 0.368. The SMILES string of the molecule is C=C/C(=C\C(CCC)C(C)CCc1ccc(OC)c(OC)c1)c1cnc2ccc(NC(=S)NCCOC)nc2n1. The second-order valence-corrected chi connectivity index (χ2v) is 10.1. The van der Waals surface area contributed by atoms with Gasteiger partial charge in [-0.2, -0.15) is 0 Å². The third-order valence-corrected chi connectivity index (χ3v) is 7.09. The van der Waals surface area contributed by atoms with Crippen molar-refractivity contribution in [2.24, 2.45) is 11.8 Å². The first-order valence-corrected chi connectivity index (χ1v) is 14.1. The standard InChI is InChI=1S/C31H41N5O3S/c1-7-9-24(21(3)10-11-22-12-14-27(38-5)28(18-22)39-6)19-23(8-2)26-20-33-25-13-15-29(35-30(25)34-26)36-31(40)32-16-17-37-4/h8,12-15,18-21,24H,2,7,9-11,16-17H2,1,3-6H3,(H2,32,34,35,36,40)/b23-19+. The highest BCUT2D eigenvalue weighted by Gasteiger charge is 2.17. The Bertz CT molecular complexity index is 1310. The number of pyridine rings is 1. The number of nitrogens with one attached hydrogen (secondary N) is 2. The molecule has 0 saturated heterocycles. The lowest BCUT2D eigenvalue weighted by molar-refractivity contribution is 0.204. The maximum absolute atomic E-state index is 5.48. The molecular weight excluding hydrogens is 522 g/mol. The van der Waals surface area contributed by atoms with Crippen LogP contribution in [0.3, 0.4) is 0 Å². The molecule has 8 nitrogen and oxygen atoms in total. The van der Waals surface area contributed by atoms with Crippen molar-refractivity contribution in [2.75, 3.05) is 39.8 Å². The van der Waals surface area contributed by atoms with Gasteiger partial charge >= 0.3 is 0 Å². The third kappa shape index (κ3) is 8.72. The molecule has 3 aromatic rings. The van der Waals surface area contributed by atoms with Gasteiger partial charge in [-0.25, -0.2) is 9.97 Å². The Labute approximate surface area is 243 Å². The molecule has 0 saturated carbocycles. The molecule has 0 radical (unpaired) electrons. The normalized spacial score (nSPS) is 13.0. The van der Waals surface area contributed by atoms with Gasteiger partial charge in [0.25, 0.3) is 0 Å². The van der Waals surface area contributed by atoms with E-state index in [1.54, 1.807) is 27.5 Å². The number of aryl methyl sites for hydroxylation is 1. The van der Waals surface area contributed by atoms with E-state index in [1.165, 1.54) is 5.56 Å². The molecule has 2 atom stereocenters. The molecular formula is C31H41N5O3S. The van der Waals surface area contributed by atoms with Crippen molar-refractivity contribution in [2.45, 2.75) is 39.5 Å². The summed E-state index contributed by atoms with van der Waals surface area (Å²) >= 11 is 5.34. The van der Waals surface area contributed by atoms with Gasteiger partial charge in [0, 0.05) is 13.7 Å². The fourth-order valence-electron chi connectivity index (χ4n) is 4.53. The number of nitrogens with zero attached hydrogens (tertiary/aromatic N) is 3. The van der Waals surface area contributed by atoms with Crippen molar-refractivity contribution < 1.29 is 14.2 Å². The number of hydrogen-bond acceptors (Lipinski definition) is 7. The summed E-state index contributed by atoms with van der Waals surface area (Å²) in [4.78, 5) is 14.1. The molecule has 2 N–H and O–H groups in total. The van der Waals surface area contributed by atoms with E-state index < -0.39 is 0 Å². The fourth-order valence-corrected chi connectivity index (χ4v) is 4.74. The van der Waals surface area contributed by atoms with Crippen molar-refractivity contribution in [1.29, 1.82) is 0 Å². The minimum Gasteiger partial charge on any atom is -0.493 e. The van der Waals surface area contributed by atoms with E-state index in [0.29, 0.717) is 47.1 Å². The zero-order valence-corrected chi connectivity index (χ0v) is 25.0. The predicted molar refractivity (Wildman–Crippen MR) is 167 cm³/mol. The number of aromatic nitrogens is 3. The van der Waals surface area contributed by atoms with Crippen molar-refractivity contribution in [3.05, 3.63) is 66.5 Å². The first-order chi connectivity index (χ1) is 19.4. The first kappa shape index (κ1) is 31.0. The summed E-state index contributed by atoms with van der Waals surface area (Å²) < 4.78 is 15.9. The molecule has 0 aliphatic heterocycles. The number of ether oxygens (including phenoxy) is 3. The molecule has 1 aromatic carbocycles. The Balaban J connectivity index is 1.77. The number of allylic oxidation sites excluding steroid dienone is 3. The Morgan fingerprint density at radius 2 is 1.88 bits per heavy atom. The minimum absolute atomic E-state index is 0.368. The van der Waals surface area contributed by atoms with Gasteiger partial charge in [0.2, 0.25) is 0 Å². The summed E-state index contributed by atoms with van der Waals surface area (Å²) in [6, 6.07) is 9.86. The molecule has 0 spiro atoms. The zero-order chi connectivity index (χ0) is 28.9. The van der Waals surface area contributed by atoms with Crippen LogP contribution >= 0.6 is 12.2 Å². The van der Waals surface area contributed by atoms with E-state index in [2.05, 4.69) is 59.2 Å². The number of benzene rings is 1. The van der Waals surface area contributed by atoms with Crippen LogP contribution in [-0.2, 0) is 11.2 Å². The maximum atomic E-state index is 5.48. The Morgan fingerprint density at radius 1 is 1.07 bits per heavy atom. The number of anilines is 1. The van der Waals surface area contributed by atoms with Crippen LogP contribution in [0.2, 0.25) is 0 Å². The van der Waals surface area contributed by atoms with E-state index in [-0.39, 0.29) is 0 Å². The van der Waals surface area contributed by atoms with Crippen molar-refractivity contribution in [1.82, 2.24) is 20.3 Å². The van der Waals surface area contributed by atoms with Crippen LogP contribution in [0.15, 0.2) is 55.3 Å². The van der Waals surface area contributed by atoms with E-state index >= 15 is 0 Å². The maximum Gasteiger partial charge on any atom is 0.180 e. The second-order valence-electron chi connectivity index (χ2n) is 9.65. The lowest BCUT2D eigenvalue weighted by Gasteiger charge is -2.22. The zero-order valence-electron chi connectivity index (χ0n) is 24.2. The van der Waals surface area contributed by atoms with E-state index in [4.69, 9.17) is 31.4 Å². The van der Waals surface area contributed by atoms with Gasteiger partial charge in [-0.05, 0) is 78.7 Å². The molecule has 3 rings (SSSR count). The van der Waals surface area contributed by atoms with Gasteiger partial charge in [0.1, 0.15) is 11.3 Å². The predicted octanol–water partition coefficient (Wildman–Crippen LogP) is 6.23. The van der Waals surface area contributed by atoms with Gasteiger partial charge in [-0.3, -0.25) is 4.98 Å². The van der Waals surface area contributed by atoms with Crippen LogP contribution in [0.25, 0.3) is 16.7 Å². The van der Waals surface area contributed by atoms with Gasteiger partial charge in [0.05, 0.1) is 32.7 Å². The van der Waals surface area contributed by atoms with Crippen LogP contribution in [0.5, 0.6) is 11.5 Å². The molecule has 214 valence electrons. The first-order valence-electron chi connectivity index (χ1n) is 13.6. The smallest absolute Gasteiger partial charge is 0.180 e. The van der Waals surface area contributed by atoms with E-state index in [9.17, 15) is 0 Å². The highest BCUT2D eigenvalue weighted by molar-refractivity contribution is 7.80. The highest BCUT2D eigenvalue weighted by Crippen LogP contribution is 2.31. The summed E-state index contributed by atoms with van der Waals surface area (Å²) in [6.45, 7) is 9.79. The monoisotopic (exact) mass is 563 g/mol. The van der Waals surface area contributed by atoms with Gasteiger partial charge in [-0.1, -0.05) is 45.1 Å². The van der Waals surface area contributed by atoms with Crippen LogP contribution in [0, 0.1) is 11.8 Å². The summed E-state index contributed by atoms with van der Waals surface area (Å²) in [6.07, 6.45) is 10.1. The van der Waals surface area contributed by atoms with E-state index in [0.717, 1.165) is 48.4 Å². The number of methoxy groups -OCH3 is 3. The number of fused-ring (bicyclic) bond motifs is 1. The summed E-state index contributed by atoms with van der Waals surface area (Å²) in [5.74, 6) is 2.93. The summed E-state index contributed by atoms with van der Waals surface area (Å²) in [5.41, 5.74) is 4.20. The Morgan fingerprint density at radius 3 is 2.58 bits per heavy atom. The second kappa shape index (κ2) is 15.9. The lowest BCUT2D eigenvalue weighted by atomic mass is 9.84. The molecule has 40 heavy (non-hydrogen) atoms. The van der Waals surface area contributed by atoms with Crippen molar-refractivity contribution in [3.63, 3.8) is 0 Å². The average molecular weight is 564 g/mol. The highest BCUT2D eigenvalue weighted by atomic mass is 32.1. The summed E-state index contributed by atoms with van der Waals surface area (Å²) in [7, 11) is 4.97. The topological polar surface area (TPSA) is 90.4 Å². The lowest BCUT2D eigenvalue weighted by Crippen LogP contribution is -2.31. The van der Waals surface area contributed by atoms with Crippen LogP contribution < -0.4 is 20.1 Å². The van der Waals surface area contributed by atoms with Crippen LogP contribution in [-0.4, -0.2) is 54.5 Å². The van der Waals surface area contributed by atoms with E-state index in [1.807, 2.05) is 24.3 Å².